The largest absolute Gasteiger partial charge is 0.370 e. The summed E-state index contributed by atoms with van der Waals surface area (Å²) in [4.78, 5) is 27.6. The van der Waals surface area contributed by atoms with Crippen molar-refractivity contribution in [2.24, 2.45) is 5.73 Å². The maximum Gasteiger partial charge on any atom is 0.253 e. The predicted octanol–water partition coefficient (Wildman–Crippen LogP) is 0.549. The van der Waals surface area contributed by atoms with Crippen LogP contribution in [0.4, 0.5) is 15.8 Å². The number of carbonyl (C=O) groups excluding carboxylic acids is 2. The number of nitrogens with two attached hydrogens (primary N) is 1. The number of hydrogen-bond donors (Lipinski definition) is 2. The van der Waals surface area contributed by atoms with E-state index in [9.17, 15) is 14.0 Å². The highest BCUT2D eigenvalue weighted by molar-refractivity contribution is 5.97. The number of benzene rings is 1. The van der Waals surface area contributed by atoms with Gasteiger partial charge < -0.3 is 20.7 Å². The Morgan fingerprint density at radius 2 is 2.28 bits per heavy atom. The molecule has 2 fully saturated rings. The van der Waals surface area contributed by atoms with Crippen LogP contribution in [0.25, 0.3) is 0 Å². The molecular weight excluding hydrogens is 327 g/mol. The molecule has 2 amide bonds. The molecule has 1 aliphatic carbocycles. The standard InChI is InChI=1S/C17H23FN4O3/c1-21(12-3-4-12)15(9-19)17(24)20-11-2-5-14(13(18)8-11)22-6-7-25-10-16(22)23/h2,5,8,12,15H,3-4,6-7,9-10,19H2,1H3,(H,20,24)/t15-/m1/s1. The molecule has 1 aromatic carbocycles. The Balaban J connectivity index is 1.69. The van der Waals surface area contributed by atoms with Crippen molar-refractivity contribution in [2.45, 2.75) is 24.9 Å². The average molecular weight is 350 g/mol. The summed E-state index contributed by atoms with van der Waals surface area (Å²) in [5.74, 6) is -1.10. The molecule has 3 rings (SSSR count). The van der Waals surface area contributed by atoms with Gasteiger partial charge in [-0.2, -0.15) is 0 Å². The molecule has 136 valence electrons. The molecule has 0 radical (unpaired) electrons. The highest BCUT2D eigenvalue weighted by atomic mass is 19.1. The van der Waals surface area contributed by atoms with Gasteiger partial charge in [-0.25, -0.2) is 4.39 Å². The quantitative estimate of drug-likeness (QED) is 0.782. The first-order valence-electron chi connectivity index (χ1n) is 8.41. The fraction of sp³-hybridized carbons (Fsp3) is 0.529. The van der Waals surface area contributed by atoms with Gasteiger partial charge in [0.25, 0.3) is 5.91 Å². The molecule has 0 spiro atoms. The topological polar surface area (TPSA) is 87.9 Å². The molecule has 1 heterocycles. The summed E-state index contributed by atoms with van der Waals surface area (Å²) in [6, 6.07) is 4.25. The second-order valence-corrected chi connectivity index (χ2v) is 6.40. The Morgan fingerprint density at radius 1 is 1.52 bits per heavy atom. The zero-order chi connectivity index (χ0) is 18.0. The Bertz CT molecular complexity index is 665. The minimum atomic E-state index is -0.562. The highest BCUT2D eigenvalue weighted by Crippen LogP contribution is 2.28. The van der Waals surface area contributed by atoms with E-state index in [4.69, 9.17) is 10.5 Å². The number of nitrogens with zero attached hydrogens (tertiary/aromatic N) is 2. The Labute approximate surface area is 145 Å². The van der Waals surface area contributed by atoms with E-state index < -0.39 is 11.9 Å². The fourth-order valence-corrected chi connectivity index (χ4v) is 3.00. The lowest BCUT2D eigenvalue weighted by Crippen LogP contribution is -2.47. The molecule has 1 atom stereocenters. The van der Waals surface area contributed by atoms with E-state index in [1.807, 2.05) is 11.9 Å². The maximum atomic E-state index is 14.4. The monoisotopic (exact) mass is 350 g/mol. The van der Waals surface area contributed by atoms with Crippen LogP contribution in [0.2, 0.25) is 0 Å². The summed E-state index contributed by atoms with van der Waals surface area (Å²) in [5, 5.41) is 2.71. The van der Waals surface area contributed by atoms with Crippen molar-refractivity contribution < 1.29 is 18.7 Å². The minimum absolute atomic E-state index is 0.0520. The summed E-state index contributed by atoms with van der Waals surface area (Å²) in [5.41, 5.74) is 6.26. The lowest BCUT2D eigenvalue weighted by atomic mass is 10.2. The van der Waals surface area contributed by atoms with Gasteiger partial charge in [0, 0.05) is 24.8 Å². The molecule has 1 aromatic rings. The SMILES string of the molecule is CN(C1CC1)[C@H](CN)C(=O)Nc1ccc(N2CCOCC2=O)c(F)c1. The van der Waals surface area contributed by atoms with Crippen LogP contribution < -0.4 is 16.0 Å². The van der Waals surface area contributed by atoms with E-state index in [0.717, 1.165) is 12.8 Å². The number of carbonyl (C=O) groups is 2. The Morgan fingerprint density at radius 3 is 2.88 bits per heavy atom. The van der Waals surface area contributed by atoms with Crippen molar-refractivity contribution in [1.82, 2.24) is 4.90 Å². The molecule has 7 nitrogen and oxygen atoms in total. The molecule has 25 heavy (non-hydrogen) atoms. The first-order valence-corrected chi connectivity index (χ1v) is 8.41. The van der Waals surface area contributed by atoms with Crippen LogP contribution in [-0.4, -0.2) is 62.1 Å². The lowest BCUT2D eigenvalue weighted by Gasteiger charge is -2.28. The number of amides is 2. The molecule has 0 unspecified atom stereocenters. The maximum absolute atomic E-state index is 14.4. The third kappa shape index (κ3) is 3.97. The second kappa shape index (κ2) is 7.47. The molecule has 3 N–H and O–H groups in total. The van der Waals surface area contributed by atoms with Crippen molar-refractivity contribution in [3.05, 3.63) is 24.0 Å². The number of halogens is 1. The minimum Gasteiger partial charge on any atom is -0.370 e. The zero-order valence-corrected chi connectivity index (χ0v) is 14.2. The molecule has 1 saturated heterocycles. The van der Waals surface area contributed by atoms with E-state index in [1.54, 1.807) is 6.07 Å². The van der Waals surface area contributed by atoms with Gasteiger partial charge in [-0.3, -0.25) is 14.5 Å². The van der Waals surface area contributed by atoms with Crippen molar-refractivity contribution in [1.29, 1.82) is 0 Å². The number of rotatable bonds is 6. The second-order valence-electron chi connectivity index (χ2n) is 6.40. The zero-order valence-electron chi connectivity index (χ0n) is 14.2. The summed E-state index contributed by atoms with van der Waals surface area (Å²) in [7, 11) is 1.88. The van der Waals surface area contributed by atoms with Gasteiger partial charge in [0.15, 0.2) is 0 Å². The van der Waals surface area contributed by atoms with Crippen LogP contribution in [0, 0.1) is 5.82 Å². The van der Waals surface area contributed by atoms with E-state index in [0.29, 0.717) is 24.9 Å². The van der Waals surface area contributed by atoms with Crippen molar-refractivity contribution in [2.75, 3.05) is 43.6 Å². The normalized spacial score (nSPS) is 19.2. The number of nitrogens with one attached hydrogen (secondary N) is 1. The van der Waals surface area contributed by atoms with E-state index >= 15 is 0 Å². The van der Waals surface area contributed by atoms with Crippen molar-refractivity contribution in [3.63, 3.8) is 0 Å². The highest BCUT2D eigenvalue weighted by Gasteiger charge is 2.34. The number of anilines is 2. The lowest BCUT2D eigenvalue weighted by molar-refractivity contribution is -0.125. The fourth-order valence-electron chi connectivity index (χ4n) is 3.00. The van der Waals surface area contributed by atoms with E-state index in [1.165, 1.54) is 17.0 Å². The molecule has 0 aromatic heterocycles. The predicted molar refractivity (Wildman–Crippen MR) is 91.8 cm³/mol. The third-order valence-corrected chi connectivity index (χ3v) is 4.63. The molecule has 1 aliphatic heterocycles. The van der Waals surface area contributed by atoms with Crippen molar-refractivity contribution in [3.8, 4) is 0 Å². The summed E-state index contributed by atoms with van der Waals surface area (Å²) < 4.78 is 19.5. The van der Waals surface area contributed by atoms with Gasteiger partial charge >= 0.3 is 0 Å². The molecule has 1 saturated carbocycles. The number of morpholine rings is 1. The Hall–Kier alpha value is -2.03. The summed E-state index contributed by atoms with van der Waals surface area (Å²) in [6.45, 7) is 0.823. The number of ether oxygens (including phenoxy) is 1. The first-order chi connectivity index (χ1) is 12.0. The third-order valence-electron chi connectivity index (χ3n) is 4.63. The van der Waals surface area contributed by atoms with Gasteiger partial charge in [-0.05, 0) is 38.1 Å². The van der Waals surface area contributed by atoms with Gasteiger partial charge in [-0.1, -0.05) is 0 Å². The van der Waals surface area contributed by atoms with Gasteiger partial charge in [-0.15, -0.1) is 0 Å². The van der Waals surface area contributed by atoms with Crippen LogP contribution in [0.15, 0.2) is 18.2 Å². The molecule has 2 aliphatic rings. The van der Waals surface area contributed by atoms with E-state index in [2.05, 4.69) is 5.32 Å². The van der Waals surface area contributed by atoms with Crippen LogP contribution in [0.5, 0.6) is 0 Å². The van der Waals surface area contributed by atoms with E-state index in [-0.39, 0.29) is 30.7 Å². The van der Waals surface area contributed by atoms with Crippen LogP contribution in [0.1, 0.15) is 12.8 Å². The summed E-state index contributed by atoms with van der Waals surface area (Å²) >= 11 is 0. The molecule has 0 bridgehead atoms. The first kappa shape index (κ1) is 17.8. The van der Waals surface area contributed by atoms with Crippen LogP contribution in [0.3, 0.4) is 0 Å². The Kier molecular flexibility index (Phi) is 5.31. The van der Waals surface area contributed by atoms with Crippen molar-refractivity contribution >= 4 is 23.2 Å². The smallest absolute Gasteiger partial charge is 0.253 e. The summed E-state index contributed by atoms with van der Waals surface area (Å²) in [6.07, 6.45) is 2.13. The van der Waals surface area contributed by atoms with Crippen LogP contribution in [-0.2, 0) is 14.3 Å². The van der Waals surface area contributed by atoms with Gasteiger partial charge in [0.1, 0.15) is 18.5 Å². The van der Waals surface area contributed by atoms with Gasteiger partial charge in [0.05, 0.1) is 12.3 Å². The average Bonchev–Trinajstić information content (AvgIpc) is 3.41. The van der Waals surface area contributed by atoms with Gasteiger partial charge in [0.2, 0.25) is 5.91 Å². The number of hydrogen-bond acceptors (Lipinski definition) is 5. The van der Waals surface area contributed by atoms with Crippen LogP contribution >= 0.6 is 0 Å². The number of likely N-dealkylation sites (N-methyl/N-ethyl adjacent to an activating group) is 1. The molecular formula is C17H23FN4O3. The molecule has 8 heteroatoms.